The first-order valence-corrected chi connectivity index (χ1v) is 14.2. The number of nitrogens with one attached hydrogen (secondary N) is 3. The fourth-order valence-corrected chi connectivity index (χ4v) is 5.78. The highest BCUT2D eigenvalue weighted by molar-refractivity contribution is 7.92. The van der Waals surface area contributed by atoms with Crippen molar-refractivity contribution in [2.24, 2.45) is 0 Å². The number of nitrogens with zero attached hydrogens (tertiary/aromatic N) is 1. The van der Waals surface area contributed by atoms with Crippen LogP contribution in [0.4, 0.5) is 11.5 Å². The molecule has 1 aromatic heterocycles. The zero-order valence-corrected chi connectivity index (χ0v) is 23.4. The van der Waals surface area contributed by atoms with Gasteiger partial charge in [-0.3, -0.25) is 14.3 Å². The molecule has 0 aliphatic carbocycles. The first kappa shape index (κ1) is 28.4. The molecule has 0 spiro atoms. The summed E-state index contributed by atoms with van der Waals surface area (Å²) < 4.78 is 57.3. The number of aromatic nitrogens is 1. The standard InChI is InChI=1S/C26H32N4O9S/c1-14(22(31)29-15-9-11-16(12-10-15)40(33,34)30-17-8-6-7-13-27-17)28-23(32)20-18-19(37-25(2,3)36-18)21-24(35-20)39-26(4,5)38-21/h6-14,18-21,24H,1-5H3,(H,27,30)(H,28,32)(H,29,31)/t14-,18+,19+,20-,21-,24+/m1/s1. The Morgan fingerprint density at radius 3 is 2.23 bits per heavy atom. The average molecular weight is 577 g/mol. The Kier molecular flexibility index (Phi) is 7.35. The summed E-state index contributed by atoms with van der Waals surface area (Å²) in [6.07, 6.45) is -2.47. The molecule has 3 aliphatic heterocycles. The number of hydrogen-bond donors (Lipinski definition) is 3. The van der Waals surface area contributed by atoms with Crippen molar-refractivity contribution in [1.82, 2.24) is 10.3 Å². The fraction of sp³-hybridized carbons (Fsp3) is 0.500. The lowest BCUT2D eigenvalue weighted by Gasteiger charge is -2.36. The Hall–Kier alpha value is -3.14. The number of amides is 2. The van der Waals surface area contributed by atoms with Crippen molar-refractivity contribution < 1.29 is 41.7 Å². The number of benzene rings is 1. The minimum atomic E-state index is -3.87. The molecule has 0 radical (unpaired) electrons. The van der Waals surface area contributed by atoms with Crippen LogP contribution in [0, 0.1) is 0 Å². The number of carbonyl (C=O) groups is 2. The van der Waals surface area contributed by atoms with E-state index in [1.165, 1.54) is 43.5 Å². The van der Waals surface area contributed by atoms with Crippen molar-refractivity contribution in [3.63, 3.8) is 0 Å². The first-order chi connectivity index (χ1) is 18.7. The topological polar surface area (TPSA) is 163 Å². The molecule has 3 aliphatic rings. The monoisotopic (exact) mass is 576 g/mol. The van der Waals surface area contributed by atoms with Crippen molar-refractivity contribution >= 4 is 33.3 Å². The van der Waals surface area contributed by atoms with Gasteiger partial charge in [0.1, 0.15) is 30.2 Å². The number of carbonyl (C=O) groups excluding carboxylic acids is 2. The molecule has 2 aromatic rings. The predicted octanol–water partition coefficient (Wildman–Crippen LogP) is 1.72. The summed E-state index contributed by atoms with van der Waals surface area (Å²) in [5.74, 6) is -2.82. The van der Waals surface area contributed by atoms with Crippen LogP contribution in [0.3, 0.4) is 0 Å². The maximum absolute atomic E-state index is 13.2. The summed E-state index contributed by atoms with van der Waals surface area (Å²) in [5.41, 5.74) is 0.340. The molecule has 1 aromatic carbocycles. The van der Waals surface area contributed by atoms with Gasteiger partial charge in [0.05, 0.1) is 4.90 Å². The summed E-state index contributed by atoms with van der Waals surface area (Å²) in [5, 5.41) is 5.32. The Balaban J connectivity index is 1.21. The molecule has 4 heterocycles. The Bertz CT molecular complexity index is 1370. The van der Waals surface area contributed by atoms with Crippen LogP contribution in [0.5, 0.6) is 0 Å². The van der Waals surface area contributed by atoms with E-state index in [-0.39, 0.29) is 10.7 Å². The first-order valence-electron chi connectivity index (χ1n) is 12.7. The SMILES string of the molecule is C[C@@H](NC(=O)[C@@H]1O[C@H]2OC(C)(C)O[C@@H]2[C@H]2OC(C)(C)O[C@@H]21)C(=O)Nc1ccc(S(=O)(=O)Nc2ccccn2)cc1. The molecular formula is C26H32N4O9S. The highest BCUT2D eigenvalue weighted by atomic mass is 32.2. The average Bonchev–Trinajstić information content (AvgIpc) is 3.37. The van der Waals surface area contributed by atoms with Gasteiger partial charge in [-0.2, -0.15) is 0 Å². The molecule has 40 heavy (non-hydrogen) atoms. The Labute approximate surface area is 231 Å². The minimum Gasteiger partial charge on any atom is -0.342 e. The molecule has 5 rings (SSSR count). The molecule has 3 fully saturated rings. The smallest absolute Gasteiger partial charge is 0.263 e. The Morgan fingerprint density at radius 2 is 1.55 bits per heavy atom. The zero-order valence-electron chi connectivity index (χ0n) is 22.6. The third-order valence-corrected chi connectivity index (χ3v) is 7.87. The van der Waals surface area contributed by atoms with Gasteiger partial charge in [-0.15, -0.1) is 0 Å². The van der Waals surface area contributed by atoms with Crippen LogP contribution in [-0.2, 0) is 43.3 Å². The Morgan fingerprint density at radius 1 is 0.900 bits per heavy atom. The van der Waals surface area contributed by atoms with Gasteiger partial charge < -0.3 is 34.3 Å². The second-order valence-electron chi connectivity index (χ2n) is 10.7. The van der Waals surface area contributed by atoms with Crippen LogP contribution in [-0.4, -0.2) is 73.5 Å². The van der Waals surface area contributed by atoms with Crippen molar-refractivity contribution in [2.75, 3.05) is 10.0 Å². The van der Waals surface area contributed by atoms with Gasteiger partial charge in [0.15, 0.2) is 24.0 Å². The van der Waals surface area contributed by atoms with E-state index in [2.05, 4.69) is 20.3 Å². The number of hydrogen-bond acceptors (Lipinski definition) is 10. The van der Waals surface area contributed by atoms with Crippen molar-refractivity contribution in [3.8, 4) is 0 Å². The van der Waals surface area contributed by atoms with Crippen molar-refractivity contribution in [1.29, 1.82) is 0 Å². The number of anilines is 2. The van der Waals surface area contributed by atoms with Crippen molar-refractivity contribution in [2.45, 2.75) is 87.8 Å². The van der Waals surface area contributed by atoms with Gasteiger partial charge in [0.2, 0.25) is 5.91 Å². The second kappa shape index (κ2) is 10.4. The fourth-order valence-electron chi connectivity index (χ4n) is 4.77. The van der Waals surface area contributed by atoms with Gasteiger partial charge in [-0.05, 0) is 71.0 Å². The van der Waals surface area contributed by atoms with E-state index in [9.17, 15) is 18.0 Å². The lowest BCUT2D eigenvalue weighted by atomic mass is 9.98. The summed E-state index contributed by atoms with van der Waals surface area (Å²) in [6, 6.07) is 9.48. The molecule has 2 amide bonds. The van der Waals surface area contributed by atoms with Crippen LogP contribution >= 0.6 is 0 Å². The number of fused-ring (bicyclic) bond motifs is 3. The molecule has 216 valence electrons. The summed E-state index contributed by atoms with van der Waals surface area (Å²) in [4.78, 5) is 30.0. The number of rotatable bonds is 7. The molecule has 0 unspecified atom stereocenters. The van der Waals surface area contributed by atoms with E-state index in [4.69, 9.17) is 23.7 Å². The molecule has 13 nitrogen and oxygen atoms in total. The maximum Gasteiger partial charge on any atom is 0.263 e. The van der Waals surface area contributed by atoms with Crippen LogP contribution in [0.2, 0.25) is 0 Å². The zero-order chi connectivity index (χ0) is 28.9. The van der Waals surface area contributed by atoms with Gasteiger partial charge in [-0.1, -0.05) is 6.07 Å². The summed E-state index contributed by atoms with van der Waals surface area (Å²) in [7, 11) is -3.87. The third kappa shape index (κ3) is 5.96. The van der Waals surface area contributed by atoms with E-state index < -0.39 is 70.2 Å². The number of pyridine rings is 1. The number of ether oxygens (including phenoxy) is 5. The second-order valence-corrected chi connectivity index (χ2v) is 12.3. The van der Waals surface area contributed by atoms with Gasteiger partial charge in [0, 0.05) is 11.9 Å². The van der Waals surface area contributed by atoms with Crippen LogP contribution in [0.15, 0.2) is 53.6 Å². The molecule has 3 saturated heterocycles. The largest absolute Gasteiger partial charge is 0.342 e. The van der Waals surface area contributed by atoms with Gasteiger partial charge in [-0.25, -0.2) is 13.4 Å². The van der Waals surface area contributed by atoms with Gasteiger partial charge in [0.25, 0.3) is 15.9 Å². The maximum atomic E-state index is 13.2. The van der Waals surface area contributed by atoms with Crippen LogP contribution in [0.25, 0.3) is 0 Å². The summed E-state index contributed by atoms with van der Waals surface area (Å²) in [6.45, 7) is 8.46. The molecule has 0 bridgehead atoms. The van der Waals surface area contributed by atoms with E-state index in [0.717, 1.165) is 0 Å². The van der Waals surface area contributed by atoms with E-state index >= 15 is 0 Å². The van der Waals surface area contributed by atoms with Crippen LogP contribution < -0.4 is 15.4 Å². The van der Waals surface area contributed by atoms with Gasteiger partial charge >= 0.3 is 0 Å². The van der Waals surface area contributed by atoms with E-state index in [1.54, 1.807) is 39.8 Å². The quantitative estimate of drug-likeness (QED) is 0.442. The molecular weight excluding hydrogens is 544 g/mol. The highest BCUT2D eigenvalue weighted by Crippen LogP contribution is 2.44. The third-order valence-electron chi connectivity index (χ3n) is 6.50. The lowest BCUT2D eigenvalue weighted by Crippen LogP contribution is -2.60. The normalized spacial score (nSPS) is 29.1. The molecule has 14 heteroatoms. The minimum absolute atomic E-state index is 0.0113. The lowest BCUT2D eigenvalue weighted by molar-refractivity contribution is -0.231. The summed E-state index contributed by atoms with van der Waals surface area (Å²) >= 11 is 0. The molecule has 6 atom stereocenters. The van der Waals surface area contributed by atoms with Crippen LogP contribution in [0.1, 0.15) is 34.6 Å². The van der Waals surface area contributed by atoms with E-state index in [1.807, 2.05) is 0 Å². The predicted molar refractivity (Wildman–Crippen MR) is 140 cm³/mol. The van der Waals surface area contributed by atoms with Crippen molar-refractivity contribution in [3.05, 3.63) is 48.7 Å². The molecule has 0 saturated carbocycles. The van der Waals surface area contributed by atoms with E-state index in [0.29, 0.717) is 5.69 Å². The number of sulfonamides is 1. The highest BCUT2D eigenvalue weighted by Gasteiger charge is 2.62. The molecule has 3 N–H and O–H groups in total.